The summed E-state index contributed by atoms with van der Waals surface area (Å²) in [5, 5.41) is 6.67. The Bertz CT molecular complexity index is 814. The third-order valence-corrected chi connectivity index (χ3v) is 4.38. The van der Waals surface area contributed by atoms with Crippen molar-refractivity contribution in [3.05, 3.63) is 41.3 Å². The van der Waals surface area contributed by atoms with E-state index in [0.29, 0.717) is 22.7 Å². The van der Waals surface area contributed by atoms with Gasteiger partial charge in [-0.1, -0.05) is 5.16 Å². The highest BCUT2D eigenvalue weighted by Gasteiger charge is 2.36. The normalized spacial score (nSPS) is 18.8. The highest BCUT2D eigenvalue weighted by atomic mass is 16.5. The minimum absolute atomic E-state index is 0.0106. The minimum Gasteiger partial charge on any atom is -0.455 e. The highest BCUT2D eigenvalue weighted by molar-refractivity contribution is 6.05. The molecular formula is C17H17N3O4. The van der Waals surface area contributed by atoms with Gasteiger partial charge in [0.1, 0.15) is 24.1 Å². The number of hydrogen-bond donors (Lipinski definition) is 1. The van der Waals surface area contributed by atoms with Crippen molar-refractivity contribution in [1.29, 1.82) is 0 Å². The van der Waals surface area contributed by atoms with Crippen LogP contribution in [0.25, 0.3) is 0 Å². The first kappa shape index (κ1) is 14.7. The van der Waals surface area contributed by atoms with Gasteiger partial charge in [0.15, 0.2) is 0 Å². The largest absolute Gasteiger partial charge is 0.455 e. The van der Waals surface area contributed by atoms with E-state index in [-0.39, 0.29) is 18.6 Å². The number of fused-ring (bicyclic) bond motifs is 3. The molecule has 1 N–H and O–H groups in total. The summed E-state index contributed by atoms with van der Waals surface area (Å²) in [5.41, 5.74) is 2.57. The Balaban J connectivity index is 1.51. The van der Waals surface area contributed by atoms with Crippen molar-refractivity contribution in [2.24, 2.45) is 0 Å². The molecule has 2 aliphatic heterocycles. The first-order valence-electron chi connectivity index (χ1n) is 7.93. The smallest absolute Gasteiger partial charge is 0.338 e. The summed E-state index contributed by atoms with van der Waals surface area (Å²) < 4.78 is 10.2. The summed E-state index contributed by atoms with van der Waals surface area (Å²) in [7, 11) is 0. The van der Waals surface area contributed by atoms with Crippen LogP contribution in [-0.4, -0.2) is 29.6 Å². The van der Waals surface area contributed by atoms with Gasteiger partial charge in [0, 0.05) is 12.6 Å². The number of esters is 1. The van der Waals surface area contributed by atoms with E-state index < -0.39 is 5.97 Å². The van der Waals surface area contributed by atoms with Crippen molar-refractivity contribution in [3.63, 3.8) is 0 Å². The second-order valence-corrected chi connectivity index (χ2v) is 6.08. The first-order valence-corrected chi connectivity index (χ1v) is 7.93. The molecule has 1 saturated heterocycles. The number of nitrogens with zero attached hydrogens (tertiary/aromatic N) is 2. The van der Waals surface area contributed by atoms with Crippen molar-refractivity contribution in [2.75, 3.05) is 16.8 Å². The van der Waals surface area contributed by atoms with E-state index in [0.717, 1.165) is 25.1 Å². The van der Waals surface area contributed by atoms with Crippen LogP contribution in [0.2, 0.25) is 0 Å². The number of ether oxygens (including phenoxy) is 1. The lowest BCUT2D eigenvalue weighted by Crippen LogP contribution is -2.43. The van der Waals surface area contributed by atoms with Crippen LogP contribution in [-0.2, 0) is 16.1 Å². The van der Waals surface area contributed by atoms with E-state index in [1.807, 2.05) is 6.07 Å². The minimum atomic E-state index is -0.462. The molecule has 24 heavy (non-hydrogen) atoms. The molecule has 7 nitrogen and oxygen atoms in total. The molecule has 1 atom stereocenters. The maximum Gasteiger partial charge on any atom is 0.338 e. The maximum atomic E-state index is 12.2. The van der Waals surface area contributed by atoms with Gasteiger partial charge in [-0.15, -0.1) is 0 Å². The number of rotatable bonds is 3. The molecule has 4 rings (SSSR count). The van der Waals surface area contributed by atoms with E-state index >= 15 is 0 Å². The van der Waals surface area contributed by atoms with Gasteiger partial charge in [-0.25, -0.2) is 4.79 Å². The van der Waals surface area contributed by atoms with Gasteiger partial charge in [-0.05, 0) is 38.0 Å². The Morgan fingerprint density at radius 2 is 2.33 bits per heavy atom. The van der Waals surface area contributed by atoms with Crippen molar-refractivity contribution in [3.8, 4) is 0 Å². The molecule has 2 aliphatic rings. The molecule has 2 aromatic rings. The summed E-state index contributed by atoms with van der Waals surface area (Å²) in [6.07, 6.45) is 1.87. The molecule has 124 valence electrons. The number of amides is 1. The van der Waals surface area contributed by atoms with Crippen molar-refractivity contribution in [2.45, 2.75) is 32.4 Å². The second-order valence-electron chi connectivity index (χ2n) is 6.08. The van der Waals surface area contributed by atoms with Gasteiger partial charge in [0.05, 0.1) is 16.9 Å². The number of nitrogens with one attached hydrogen (secondary N) is 1. The van der Waals surface area contributed by atoms with Crippen LogP contribution in [0.15, 0.2) is 28.8 Å². The number of carbonyl (C=O) groups is 2. The molecule has 1 fully saturated rings. The lowest BCUT2D eigenvalue weighted by molar-refractivity contribution is -0.117. The molecule has 0 aliphatic carbocycles. The zero-order chi connectivity index (χ0) is 16.7. The van der Waals surface area contributed by atoms with E-state index in [1.54, 1.807) is 25.1 Å². The fourth-order valence-corrected chi connectivity index (χ4v) is 3.27. The van der Waals surface area contributed by atoms with E-state index in [4.69, 9.17) is 9.26 Å². The third kappa shape index (κ3) is 2.51. The summed E-state index contributed by atoms with van der Waals surface area (Å²) in [4.78, 5) is 26.5. The Morgan fingerprint density at radius 1 is 1.46 bits per heavy atom. The summed E-state index contributed by atoms with van der Waals surface area (Å²) >= 11 is 0. The molecular weight excluding hydrogens is 310 g/mol. The van der Waals surface area contributed by atoms with E-state index in [1.165, 1.54) is 0 Å². The number of hydrogen-bond acceptors (Lipinski definition) is 6. The van der Waals surface area contributed by atoms with Crippen molar-refractivity contribution >= 4 is 23.3 Å². The quantitative estimate of drug-likeness (QED) is 0.871. The fourth-order valence-electron chi connectivity index (χ4n) is 3.27. The lowest BCUT2D eigenvalue weighted by atomic mass is 10.1. The van der Waals surface area contributed by atoms with Crippen molar-refractivity contribution in [1.82, 2.24) is 5.16 Å². The van der Waals surface area contributed by atoms with Crippen LogP contribution in [0.1, 0.15) is 34.7 Å². The fraction of sp³-hybridized carbons (Fsp3) is 0.353. The standard InChI is InChI=1S/C17H17N3O4/c1-10-7-12(19-24-10)9-23-17(22)11-4-5-14-13(8-11)18-16(21)15-3-2-6-20(14)15/h4-5,7-8,15H,2-3,6,9H2,1H3,(H,18,21)/t15-/m0/s1. The van der Waals surface area contributed by atoms with Crippen LogP contribution < -0.4 is 10.2 Å². The predicted octanol–water partition coefficient (Wildman–Crippen LogP) is 2.26. The van der Waals surface area contributed by atoms with Crippen LogP contribution in [0.5, 0.6) is 0 Å². The molecule has 0 unspecified atom stereocenters. The molecule has 7 heteroatoms. The predicted molar refractivity (Wildman–Crippen MR) is 85.8 cm³/mol. The van der Waals surface area contributed by atoms with Crippen LogP contribution in [0.4, 0.5) is 11.4 Å². The molecule has 3 heterocycles. The van der Waals surface area contributed by atoms with E-state index in [2.05, 4.69) is 15.4 Å². The number of anilines is 2. The lowest BCUT2D eigenvalue weighted by Gasteiger charge is -2.33. The second kappa shape index (κ2) is 5.67. The van der Waals surface area contributed by atoms with Crippen LogP contribution in [0, 0.1) is 6.92 Å². The third-order valence-electron chi connectivity index (χ3n) is 4.38. The zero-order valence-corrected chi connectivity index (χ0v) is 13.2. The summed E-state index contributed by atoms with van der Waals surface area (Å²) in [6.45, 7) is 2.68. The summed E-state index contributed by atoms with van der Waals surface area (Å²) in [6, 6.07) is 6.88. The van der Waals surface area contributed by atoms with Crippen LogP contribution in [0.3, 0.4) is 0 Å². The number of carbonyl (C=O) groups excluding carboxylic acids is 2. The molecule has 0 radical (unpaired) electrons. The molecule has 1 aromatic heterocycles. The zero-order valence-electron chi connectivity index (χ0n) is 13.2. The topological polar surface area (TPSA) is 84.7 Å². The van der Waals surface area contributed by atoms with Gasteiger partial charge < -0.3 is 19.5 Å². The average molecular weight is 327 g/mol. The number of benzene rings is 1. The molecule has 0 spiro atoms. The van der Waals surface area contributed by atoms with E-state index in [9.17, 15) is 9.59 Å². The summed E-state index contributed by atoms with van der Waals surface area (Å²) in [5.74, 6) is 0.192. The van der Waals surface area contributed by atoms with Crippen molar-refractivity contribution < 1.29 is 18.8 Å². The SMILES string of the molecule is Cc1cc(COC(=O)c2ccc3c(c2)NC(=O)[C@@H]2CCCN32)no1. The Kier molecular flexibility index (Phi) is 3.48. The van der Waals surface area contributed by atoms with Gasteiger partial charge >= 0.3 is 5.97 Å². The monoisotopic (exact) mass is 327 g/mol. The van der Waals surface area contributed by atoms with Gasteiger partial charge in [0.25, 0.3) is 0 Å². The molecule has 1 aromatic carbocycles. The number of aryl methyl sites for hydroxylation is 1. The van der Waals surface area contributed by atoms with Crippen LogP contribution >= 0.6 is 0 Å². The molecule has 0 saturated carbocycles. The average Bonchev–Trinajstić information content (AvgIpc) is 3.21. The molecule has 1 amide bonds. The number of aromatic nitrogens is 1. The van der Waals surface area contributed by atoms with Gasteiger partial charge in [-0.2, -0.15) is 0 Å². The highest BCUT2D eigenvalue weighted by Crippen LogP contribution is 2.37. The molecule has 0 bridgehead atoms. The van der Waals surface area contributed by atoms with Gasteiger partial charge in [-0.3, -0.25) is 4.79 Å². The Hall–Kier alpha value is -2.83. The Morgan fingerprint density at radius 3 is 3.12 bits per heavy atom. The van der Waals surface area contributed by atoms with Gasteiger partial charge in [0.2, 0.25) is 5.91 Å². The first-order chi connectivity index (χ1) is 11.6. The Labute approximate surface area is 138 Å². The maximum absolute atomic E-state index is 12.2.